The van der Waals surface area contributed by atoms with Crippen molar-refractivity contribution in [3.8, 4) is 0 Å². The summed E-state index contributed by atoms with van der Waals surface area (Å²) in [6, 6.07) is 6.19. The Morgan fingerprint density at radius 2 is 1.44 bits per heavy atom. The first-order valence-electron chi connectivity index (χ1n) is 10.7. The van der Waals surface area contributed by atoms with Gasteiger partial charge in [0.1, 0.15) is 0 Å². The molecule has 0 saturated carbocycles. The van der Waals surface area contributed by atoms with Crippen LogP contribution in [0, 0.1) is 0 Å². The van der Waals surface area contributed by atoms with Gasteiger partial charge in [0, 0.05) is 11.9 Å². The standard InChI is InChI=1S/C15H25N.C6H7F.C4H10/c1-2-3-4-5-6-7-8-9-12-15-13-10-11-14-16-15;1-2-3-4-5-6-7;1-3-4-2/h10-11,13-14H,2-9,12H2,1H3;2-6H,1H2;3-4H2,1-2H3/b;4-3-,6-5-;. The topological polar surface area (TPSA) is 12.9 Å². The second kappa shape index (κ2) is 26.5. The van der Waals surface area contributed by atoms with Crippen molar-refractivity contribution in [2.45, 2.75) is 91.4 Å². The normalized spacial score (nSPS) is 10.2. The van der Waals surface area contributed by atoms with Gasteiger partial charge in [0.25, 0.3) is 0 Å². The Labute approximate surface area is 168 Å². The number of hydrogen-bond acceptors (Lipinski definition) is 1. The van der Waals surface area contributed by atoms with Crippen molar-refractivity contribution >= 4 is 0 Å². The maximum Gasteiger partial charge on any atom is 0.0866 e. The summed E-state index contributed by atoms with van der Waals surface area (Å²) < 4.78 is 11.1. The first-order valence-corrected chi connectivity index (χ1v) is 10.7. The Bertz CT molecular complexity index is 435. The molecule has 1 rings (SSSR count). The highest BCUT2D eigenvalue weighted by atomic mass is 19.1. The van der Waals surface area contributed by atoms with Gasteiger partial charge in [0.2, 0.25) is 0 Å². The summed E-state index contributed by atoms with van der Waals surface area (Å²) in [6.45, 7) is 10.0. The molecule has 0 spiro atoms. The van der Waals surface area contributed by atoms with Gasteiger partial charge in [0.05, 0.1) is 6.33 Å². The quantitative estimate of drug-likeness (QED) is 0.263. The summed E-state index contributed by atoms with van der Waals surface area (Å²) in [7, 11) is 0. The van der Waals surface area contributed by atoms with E-state index in [4.69, 9.17) is 0 Å². The van der Waals surface area contributed by atoms with E-state index in [1.165, 1.54) is 76.0 Å². The molecule has 0 aliphatic carbocycles. The smallest absolute Gasteiger partial charge is 0.0866 e. The molecular formula is C25H42FN. The molecule has 0 amide bonds. The number of hydrogen-bond donors (Lipinski definition) is 0. The second-order valence-electron chi connectivity index (χ2n) is 6.48. The zero-order chi connectivity index (χ0) is 20.4. The number of halogens is 1. The molecular weight excluding hydrogens is 333 g/mol. The lowest BCUT2D eigenvalue weighted by molar-refractivity contribution is 0.574. The summed E-state index contributed by atoms with van der Waals surface area (Å²) in [6.07, 6.45) is 23.3. The number of pyridine rings is 1. The predicted molar refractivity (Wildman–Crippen MR) is 121 cm³/mol. The number of allylic oxidation sites excluding steroid dienone is 4. The molecule has 27 heavy (non-hydrogen) atoms. The maximum atomic E-state index is 11.1. The number of aryl methyl sites for hydroxylation is 1. The molecule has 154 valence electrons. The number of aromatic nitrogens is 1. The first-order chi connectivity index (χ1) is 13.3. The van der Waals surface area contributed by atoms with E-state index in [1.807, 2.05) is 12.3 Å². The average Bonchev–Trinajstić information content (AvgIpc) is 2.72. The van der Waals surface area contributed by atoms with E-state index in [1.54, 1.807) is 18.2 Å². The fraction of sp³-hybridized carbons (Fsp3) is 0.560. The fourth-order valence-electron chi connectivity index (χ4n) is 2.17. The molecule has 0 bridgehead atoms. The molecule has 0 atom stereocenters. The number of unbranched alkanes of at least 4 members (excludes halogenated alkanes) is 8. The van der Waals surface area contributed by atoms with Crippen molar-refractivity contribution in [1.82, 2.24) is 4.98 Å². The van der Waals surface area contributed by atoms with Gasteiger partial charge in [0.15, 0.2) is 0 Å². The van der Waals surface area contributed by atoms with Crippen molar-refractivity contribution in [3.05, 3.63) is 67.3 Å². The molecule has 0 fully saturated rings. The molecule has 1 heterocycles. The van der Waals surface area contributed by atoms with E-state index < -0.39 is 0 Å². The SMILES string of the molecule is C=C/C=C\C=C/F.CCCC.CCCCCCCCCCc1ccccn1. The van der Waals surface area contributed by atoms with Crippen molar-refractivity contribution in [1.29, 1.82) is 0 Å². The van der Waals surface area contributed by atoms with Gasteiger partial charge in [-0.05, 0) is 31.1 Å². The van der Waals surface area contributed by atoms with Gasteiger partial charge in [-0.25, -0.2) is 4.39 Å². The third-order valence-corrected chi connectivity index (χ3v) is 3.94. The molecule has 1 aromatic heterocycles. The Morgan fingerprint density at radius 3 is 1.93 bits per heavy atom. The largest absolute Gasteiger partial charge is 0.261 e. The van der Waals surface area contributed by atoms with Crippen LogP contribution in [0.5, 0.6) is 0 Å². The third kappa shape index (κ3) is 26.6. The second-order valence-corrected chi connectivity index (χ2v) is 6.48. The third-order valence-electron chi connectivity index (χ3n) is 3.94. The van der Waals surface area contributed by atoms with Crippen LogP contribution in [-0.2, 0) is 6.42 Å². The summed E-state index contributed by atoms with van der Waals surface area (Å²) in [5, 5.41) is 0. The monoisotopic (exact) mass is 375 g/mol. The van der Waals surface area contributed by atoms with E-state index in [9.17, 15) is 4.39 Å². The number of nitrogens with zero attached hydrogens (tertiary/aromatic N) is 1. The van der Waals surface area contributed by atoms with E-state index in [2.05, 4.69) is 44.5 Å². The Balaban J connectivity index is 0. The Hall–Kier alpha value is -1.70. The van der Waals surface area contributed by atoms with Crippen molar-refractivity contribution in [2.75, 3.05) is 0 Å². The van der Waals surface area contributed by atoms with Gasteiger partial charge in [-0.2, -0.15) is 0 Å². The molecule has 1 aromatic rings. The zero-order valence-electron chi connectivity index (χ0n) is 18.0. The maximum absolute atomic E-state index is 11.1. The van der Waals surface area contributed by atoms with Crippen LogP contribution in [0.15, 0.2) is 61.6 Å². The van der Waals surface area contributed by atoms with Crippen LogP contribution in [0.3, 0.4) is 0 Å². The van der Waals surface area contributed by atoms with Crippen LogP contribution in [-0.4, -0.2) is 4.98 Å². The molecule has 0 aromatic carbocycles. The van der Waals surface area contributed by atoms with E-state index >= 15 is 0 Å². The minimum absolute atomic E-state index is 0.472. The van der Waals surface area contributed by atoms with Crippen LogP contribution >= 0.6 is 0 Å². The highest BCUT2D eigenvalue weighted by Crippen LogP contribution is 2.10. The van der Waals surface area contributed by atoms with Crippen LogP contribution in [0.2, 0.25) is 0 Å². The van der Waals surface area contributed by atoms with Crippen molar-refractivity contribution in [3.63, 3.8) is 0 Å². The molecule has 0 saturated heterocycles. The lowest BCUT2D eigenvalue weighted by Gasteiger charge is -2.01. The predicted octanol–water partition coefficient (Wildman–Crippen LogP) is 8.78. The van der Waals surface area contributed by atoms with Crippen LogP contribution in [0.4, 0.5) is 4.39 Å². The molecule has 0 unspecified atom stereocenters. The molecule has 1 nitrogen and oxygen atoms in total. The van der Waals surface area contributed by atoms with Crippen LogP contribution < -0.4 is 0 Å². The van der Waals surface area contributed by atoms with Gasteiger partial charge >= 0.3 is 0 Å². The fourth-order valence-corrected chi connectivity index (χ4v) is 2.17. The molecule has 2 heteroatoms. The molecule has 0 aliphatic heterocycles. The summed E-state index contributed by atoms with van der Waals surface area (Å²) in [5.74, 6) is 0. The summed E-state index contributed by atoms with van der Waals surface area (Å²) in [5.41, 5.74) is 1.24. The minimum Gasteiger partial charge on any atom is -0.261 e. The zero-order valence-corrected chi connectivity index (χ0v) is 18.0. The number of rotatable bonds is 12. The van der Waals surface area contributed by atoms with Gasteiger partial charge < -0.3 is 0 Å². The Morgan fingerprint density at radius 1 is 0.815 bits per heavy atom. The van der Waals surface area contributed by atoms with E-state index in [0.717, 1.165) is 6.42 Å². The molecule has 0 N–H and O–H groups in total. The lowest BCUT2D eigenvalue weighted by Crippen LogP contribution is -1.89. The average molecular weight is 376 g/mol. The highest BCUT2D eigenvalue weighted by Gasteiger charge is 1.94. The van der Waals surface area contributed by atoms with Crippen molar-refractivity contribution in [2.24, 2.45) is 0 Å². The van der Waals surface area contributed by atoms with Crippen LogP contribution in [0.1, 0.15) is 90.7 Å². The minimum atomic E-state index is 0.472. The van der Waals surface area contributed by atoms with Gasteiger partial charge in [-0.3, -0.25) is 4.98 Å². The molecule has 0 radical (unpaired) electrons. The van der Waals surface area contributed by atoms with E-state index in [0.29, 0.717) is 6.33 Å². The first kappa shape index (κ1) is 27.5. The summed E-state index contributed by atoms with van der Waals surface area (Å²) >= 11 is 0. The lowest BCUT2D eigenvalue weighted by atomic mass is 10.1. The van der Waals surface area contributed by atoms with E-state index in [-0.39, 0.29) is 0 Å². The van der Waals surface area contributed by atoms with Crippen molar-refractivity contribution < 1.29 is 4.39 Å². The highest BCUT2D eigenvalue weighted by molar-refractivity contribution is 5.06. The van der Waals surface area contributed by atoms with Crippen LogP contribution in [0.25, 0.3) is 0 Å². The summed E-state index contributed by atoms with van der Waals surface area (Å²) in [4.78, 5) is 4.34. The van der Waals surface area contributed by atoms with Gasteiger partial charge in [-0.1, -0.05) is 109 Å². The van der Waals surface area contributed by atoms with Gasteiger partial charge in [-0.15, -0.1) is 0 Å². The Kier molecular flexibility index (Phi) is 27.0. The molecule has 0 aliphatic rings.